The number of fused-ring (bicyclic) bond motifs is 2. The zero-order valence-electron chi connectivity index (χ0n) is 68.8. The van der Waals surface area contributed by atoms with Crippen molar-refractivity contribution in [2.75, 3.05) is 0 Å². The van der Waals surface area contributed by atoms with Crippen LogP contribution in [0.25, 0.3) is 16.0 Å². The fraction of sp³-hybridized carbons (Fsp3) is 0.735. The van der Waals surface area contributed by atoms with Crippen molar-refractivity contribution in [1.82, 2.24) is 0 Å². The van der Waals surface area contributed by atoms with Gasteiger partial charge in [-0.05, 0) is 58.1 Å². The van der Waals surface area contributed by atoms with E-state index in [1.54, 1.807) is 0 Å². The Bertz CT molecular complexity index is 5020. The lowest BCUT2D eigenvalue weighted by molar-refractivity contribution is -0.462. The molecular weight excluding hydrogens is 2230 g/mol. The fourth-order valence-corrected chi connectivity index (χ4v) is 24.2. The Labute approximate surface area is 743 Å². The predicted octanol–water partition coefficient (Wildman–Crippen LogP) is 30.3. The van der Waals surface area contributed by atoms with Crippen LogP contribution in [0.3, 0.4) is 0 Å². The van der Waals surface area contributed by atoms with Gasteiger partial charge in [-0.1, -0.05) is 128 Å². The van der Waals surface area contributed by atoms with Crippen molar-refractivity contribution < 1.29 is 299 Å². The molecule has 1 aliphatic rings. The molecule has 0 aliphatic heterocycles. The lowest BCUT2D eigenvalue weighted by Crippen LogP contribution is -2.75. The minimum Gasteiger partial charge on any atom is -0.323 e. The largest absolute Gasteiger partial charge is 0.460 e. The van der Waals surface area contributed by atoms with E-state index in [0.29, 0.717) is 88.8 Å². The highest BCUT2D eigenvalue weighted by Crippen LogP contribution is 2.72. The van der Waals surface area contributed by atoms with Crippen LogP contribution in [0.1, 0.15) is 48.3 Å². The summed E-state index contributed by atoms with van der Waals surface area (Å²) in [6.45, 7) is 2.96. The Kier molecular flexibility index (Phi) is 31.5. The van der Waals surface area contributed by atoms with E-state index >= 15 is 105 Å². The number of nitrogens with two attached hydrogens (primary N) is 1. The van der Waals surface area contributed by atoms with Crippen LogP contribution < -0.4 is 21.3 Å². The van der Waals surface area contributed by atoms with Crippen LogP contribution in [0, 0.1) is 0 Å². The number of hydrogen-bond donors (Lipinski definition) is 1. The third kappa shape index (κ3) is 18.1. The van der Waals surface area contributed by atoms with E-state index in [9.17, 15) is 193 Å². The van der Waals surface area contributed by atoms with Gasteiger partial charge >= 0.3 is 191 Å². The average molecular weight is 2290 g/mol. The molecule has 0 aromatic heterocycles. The summed E-state index contributed by atoms with van der Waals surface area (Å²) >= 11 is 0. The van der Waals surface area contributed by atoms with Gasteiger partial charge in [0.05, 0.1) is 38.3 Å². The first-order valence-electron chi connectivity index (χ1n) is 36.7. The van der Waals surface area contributed by atoms with E-state index in [4.69, 9.17) is 5.73 Å². The average Bonchev–Trinajstić information content (AvgIpc) is 0.678. The summed E-state index contributed by atoms with van der Waals surface area (Å²) < 4.78 is 981. The van der Waals surface area contributed by atoms with E-state index in [-0.39, 0.29) is 18.2 Å². The maximum absolute atomic E-state index is 15.9. The maximum Gasteiger partial charge on any atom is 0.460 e. The minimum absolute atomic E-state index is 0.214. The van der Waals surface area contributed by atoms with Crippen LogP contribution in [-0.4, -0.2) is 229 Å². The van der Waals surface area contributed by atoms with E-state index < -0.39 is 333 Å². The molecule has 1 nitrogen and oxygen atoms in total. The summed E-state index contributed by atoms with van der Waals surface area (Å²) in [5, 5.41) is -6.54. The number of alkyl halides is 68. The first-order chi connectivity index (χ1) is 60.6. The van der Waals surface area contributed by atoms with Gasteiger partial charge in [-0.25, -0.2) is 0 Å². The molecule has 4 rings (SSSR count). The highest BCUT2D eigenvalue weighted by molar-refractivity contribution is 6.95. The number of allylic oxidation sites excluding steroid dienone is 1. The first kappa shape index (κ1) is 127. The maximum atomic E-state index is 15.9. The van der Waals surface area contributed by atoms with Crippen LogP contribution >= 0.6 is 0 Å². The van der Waals surface area contributed by atoms with E-state index in [1.807, 2.05) is 0 Å². The fourth-order valence-electron chi connectivity index (χ4n) is 13.7. The van der Waals surface area contributed by atoms with Gasteiger partial charge < -0.3 is 5.73 Å². The van der Waals surface area contributed by atoms with Crippen molar-refractivity contribution >= 4 is 63.8 Å². The number of halogens is 68. The Morgan fingerprint density at radius 1 is 0.241 bits per heavy atom. The van der Waals surface area contributed by atoms with Gasteiger partial charge in [0.1, 0.15) is 0 Å². The summed E-state index contributed by atoms with van der Waals surface area (Å²) in [6, 6.07) is -11.4. The zero-order chi connectivity index (χ0) is 113. The first-order valence-corrected chi connectivity index (χ1v) is 49.5. The molecule has 3 aromatic carbocycles. The van der Waals surface area contributed by atoms with Gasteiger partial charge in [0, 0.05) is 25.2 Å². The second kappa shape index (κ2) is 34.9. The van der Waals surface area contributed by atoms with Crippen molar-refractivity contribution in [1.29, 1.82) is 0 Å². The van der Waals surface area contributed by atoms with Crippen molar-refractivity contribution in [2.24, 2.45) is 5.73 Å². The highest BCUT2D eigenvalue weighted by atomic mass is 28.3. The monoisotopic (exact) mass is 2290 g/mol. The molecule has 2 atom stereocenters. The number of benzene rings is 3. The second-order valence-corrected chi connectivity index (χ2v) is 53.7. The van der Waals surface area contributed by atoms with Crippen molar-refractivity contribution in [3.8, 4) is 0 Å². The van der Waals surface area contributed by atoms with Crippen molar-refractivity contribution in [2.45, 2.75) is 305 Å². The number of hydrogen-bond acceptors (Lipinski definition) is 1. The molecule has 73 heteroatoms. The molecule has 1 aliphatic carbocycles. The van der Waals surface area contributed by atoms with Gasteiger partial charge in [-0.3, -0.25) is 0 Å². The quantitative estimate of drug-likeness (QED) is 0.0445. The number of rotatable bonds is 41. The topological polar surface area (TPSA) is 26.0 Å². The van der Waals surface area contributed by atoms with Gasteiger partial charge in [0.2, 0.25) is 0 Å². The van der Waals surface area contributed by atoms with Crippen molar-refractivity contribution in [3.63, 3.8) is 0 Å². The minimum atomic E-state index is -9.33. The van der Waals surface area contributed by atoms with Gasteiger partial charge in [0.15, 0.2) is 0 Å². The summed E-state index contributed by atoms with van der Waals surface area (Å²) in [6.07, 6.45) is -44.4. The Hall–Kier alpha value is -6.27. The molecular formula is C68H53F68NSi4. The standard InChI is InChI=1S/C68H53F68NSi4/c1-138(2,20-17-37(69,70)41(77,78)45(85,86)49(93,94)53(101,102)57(109,110)61(117,118)65(125,126)127)26-9-11-30-28(13-15-34(32(30)23-26)139(3,4)21-18-38(71,72)42(79,80)46(87,88)50(95,96)54(103,104)58(111,112)62(119,120)66(128,129)130)29-14-16-35(140(5,6)22-19-39(73,74)43(81,82)47(89,90)51(97,98)55(105,106)59(113,114)63(121,122)67(131,132)133)33-24-27(10-12-31(29)33)141(7,8)25-36(137)40(75,76)44(83,84)48(91,92)52(99,100)56(107,108)60(115,116)64(123,124)68(134,135)136/h9-13,15-16,23-24,29,36H,14,17-22,25,137H2,1-8H3. The normalized spacial score (nSPS) is 17.7. The van der Waals surface area contributed by atoms with Gasteiger partial charge in [-0.2, -0.15) is 299 Å². The van der Waals surface area contributed by atoms with E-state index in [2.05, 4.69) is 0 Å². The summed E-state index contributed by atoms with van der Waals surface area (Å²) in [7, 11) is -20.9. The molecule has 0 bridgehead atoms. The highest BCUT2D eigenvalue weighted by Gasteiger charge is 3.01. The van der Waals surface area contributed by atoms with Crippen LogP contribution in [0.2, 0.25) is 76.6 Å². The van der Waals surface area contributed by atoms with E-state index in [1.165, 1.54) is 0 Å². The predicted molar refractivity (Wildman–Crippen MR) is 357 cm³/mol. The summed E-state index contributed by atoms with van der Waals surface area (Å²) in [5.41, 5.74) is 1.99. The SMILES string of the molecule is C[Si](C)(CCC(F)(F)C(F)(F)C(F)(F)C(F)(F)C(F)(F)C(F)(F)C(F)(F)C(F)(F)F)C1=CCC(c2ccc([Si](C)(C)CCC(F)(F)C(F)(F)C(F)(F)C(F)(F)C(F)(F)C(F)(F)C(F)(F)C(F)(F)F)c3cc([Si](C)(C)CCC(F)(F)C(F)(F)C(F)(F)C(F)(F)C(F)(F)C(F)(F)C(F)(F)C(F)(F)F)ccc23)c2ccc([Si](C)(C)CC(N)C(F)(F)C(F)(F)C(F)(F)C(F)(F)C(F)(F)C(F)(F)C(F)(F)C(F)(F)F)cc21. The Morgan fingerprint density at radius 3 is 0.745 bits per heavy atom. The summed E-state index contributed by atoms with van der Waals surface area (Å²) in [5.74, 6) is -248. The second-order valence-electron chi connectivity index (χ2n) is 34.5. The van der Waals surface area contributed by atoms with Crippen LogP contribution in [0.5, 0.6) is 0 Å². The molecule has 0 fully saturated rings. The Balaban J connectivity index is 2.26. The lowest BCUT2D eigenvalue weighted by atomic mass is 9.80. The molecule has 2 unspecified atom stereocenters. The van der Waals surface area contributed by atoms with Crippen LogP contribution in [-0.2, 0) is 0 Å². The molecule has 0 heterocycles. The Morgan fingerprint density at radius 2 is 0.468 bits per heavy atom. The summed E-state index contributed by atoms with van der Waals surface area (Å²) in [4.78, 5) is 0. The molecule has 822 valence electrons. The van der Waals surface area contributed by atoms with Crippen LogP contribution in [0.15, 0.2) is 54.6 Å². The molecule has 3 aromatic rings. The van der Waals surface area contributed by atoms with E-state index in [0.717, 1.165) is 0 Å². The van der Waals surface area contributed by atoms with Crippen molar-refractivity contribution in [3.05, 3.63) is 71.3 Å². The van der Waals surface area contributed by atoms with Crippen LogP contribution in [0.4, 0.5) is 299 Å². The smallest absolute Gasteiger partial charge is 0.323 e. The molecule has 0 amide bonds. The van der Waals surface area contributed by atoms with Gasteiger partial charge in [-0.15, -0.1) is 0 Å². The lowest BCUT2D eigenvalue weighted by Gasteiger charge is -2.44. The molecule has 0 spiro atoms. The molecule has 2 N–H and O–H groups in total. The molecule has 0 radical (unpaired) electrons. The van der Waals surface area contributed by atoms with Gasteiger partial charge in [0.25, 0.3) is 0 Å². The third-order valence-electron chi connectivity index (χ3n) is 23.2. The molecule has 0 saturated carbocycles. The zero-order valence-corrected chi connectivity index (χ0v) is 72.8. The third-order valence-corrected chi connectivity index (χ3v) is 36.8. The molecule has 0 saturated heterocycles. The molecule has 141 heavy (non-hydrogen) atoms.